The Balaban J connectivity index is 2.76. The number of carbonyl (C=O) groups excluding carboxylic acids is 2. The Bertz CT molecular complexity index is 453. The maximum atomic E-state index is 12.1. The number of benzene rings is 1. The van der Waals surface area contributed by atoms with E-state index in [1.54, 1.807) is 23.9 Å². The molecule has 0 aliphatic heterocycles. The van der Waals surface area contributed by atoms with Crippen LogP contribution in [-0.4, -0.2) is 37.0 Å². The minimum absolute atomic E-state index is 0.249. The SMILES string of the molecule is COC(=O)[C@H](CCSC)NC(=O)c1ccccc1I. The second-order valence-corrected chi connectivity index (χ2v) is 5.96. The van der Waals surface area contributed by atoms with Crippen LogP contribution in [0.1, 0.15) is 16.8 Å². The Kier molecular flexibility index (Phi) is 7.22. The molecule has 1 rings (SSSR count). The zero-order chi connectivity index (χ0) is 14.3. The van der Waals surface area contributed by atoms with Gasteiger partial charge in [0.1, 0.15) is 6.04 Å². The van der Waals surface area contributed by atoms with Gasteiger partial charge in [-0.15, -0.1) is 0 Å². The quantitative estimate of drug-likeness (QED) is 0.596. The molecule has 1 aromatic rings. The fraction of sp³-hybridized carbons (Fsp3) is 0.385. The average molecular weight is 393 g/mol. The molecule has 0 bridgehead atoms. The number of esters is 1. The maximum Gasteiger partial charge on any atom is 0.328 e. The molecule has 0 aliphatic rings. The van der Waals surface area contributed by atoms with Gasteiger partial charge >= 0.3 is 5.97 Å². The van der Waals surface area contributed by atoms with Gasteiger partial charge in [0.15, 0.2) is 0 Å². The summed E-state index contributed by atoms with van der Waals surface area (Å²) in [6, 6.07) is 6.65. The molecular formula is C13H16INO3S. The van der Waals surface area contributed by atoms with Crippen molar-refractivity contribution in [3.63, 3.8) is 0 Å². The van der Waals surface area contributed by atoms with Gasteiger partial charge in [0.25, 0.3) is 5.91 Å². The highest BCUT2D eigenvalue weighted by Crippen LogP contribution is 2.12. The fourth-order valence-electron chi connectivity index (χ4n) is 1.51. The Labute approximate surface area is 130 Å². The van der Waals surface area contributed by atoms with Gasteiger partial charge in [-0.1, -0.05) is 12.1 Å². The topological polar surface area (TPSA) is 55.4 Å². The van der Waals surface area contributed by atoms with Crippen LogP contribution in [0.5, 0.6) is 0 Å². The molecular weight excluding hydrogens is 377 g/mol. The van der Waals surface area contributed by atoms with Crippen molar-refractivity contribution in [3.8, 4) is 0 Å². The average Bonchev–Trinajstić information content (AvgIpc) is 2.42. The van der Waals surface area contributed by atoms with Crippen LogP contribution in [-0.2, 0) is 9.53 Å². The molecule has 0 spiro atoms. The predicted octanol–water partition coefficient (Wildman–Crippen LogP) is 2.32. The first-order valence-corrected chi connectivity index (χ1v) is 8.19. The number of amides is 1. The Morgan fingerprint density at radius 3 is 2.68 bits per heavy atom. The lowest BCUT2D eigenvalue weighted by atomic mass is 10.1. The van der Waals surface area contributed by atoms with Gasteiger partial charge in [0.2, 0.25) is 0 Å². The minimum atomic E-state index is -0.596. The third-order valence-electron chi connectivity index (χ3n) is 2.52. The summed E-state index contributed by atoms with van der Waals surface area (Å²) in [6.45, 7) is 0. The van der Waals surface area contributed by atoms with E-state index in [0.717, 1.165) is 9.32 Å². The van der Waals surface area contributed by atoms with Crippen molar-refractivity contribution in [3.05, 3.63) is 33.4 Å². The zero-order valence-electron chi connectivity index (χ0n) is 10.8. The highest BCUT2D eigenvalue weighted by Gasteiger charge is 2.22. The van der Waals surface area contributed by atoms with Crippen LogP contribution in [0.25, 0.3) is 0 Å². The van der Waals surface area contributed by atoms with E-state index in [1.165, 1.54) is 7.11 Å². The van der Waals surface area contributed by atoms with Crippen molar-refractivity contribution in [2.24, 2.45) is 0 Å². The number of thioether (sulfide) groups is 1. The second kappa shape index (κ2) is 8.42. The molecule has 0 aliphatic carbocycles. The molecule has 4 nitrogen and oxygen atoms in total. The number of nitrogens with one attached hydrogen (secondary N) is 1. The summed E-state index contributed by atoms with van der Waals surface area (Å²) in [7, 11) is 1.33. The molecule has 0 saturated heterocycles. The fourth-order valence-corrected chi connectivity index (χ4v) is 2.61. The molecule has 0 saturated carbocycles. The van der Waals surface area contributed by atoms with Crippen molar-refractivity contribution < 1.29 is 14.3 Å². The molecule has 1 aromatic carbocycles. The Hall–Kier alpha value is -0.760. The summed E-state index contributed by atoms with van der Waals surface area (Å²) in [4.78, 5) is 23.8. The highest BCUT2D eigenvalue weighted by atomic mass is 127. The number of methoxy groups -OCH3 is 1. The van der Waals surface area contributed by atoms with Crippen LogP contribution in [0.4, 0.5) is 0 Å². The number of hydrogen-bond acceptors (Lipinski definition) is 4. The summed E-state index contributed by atoms with van der Waals surface area (Å²) in [6.07, 6.45) is 2.51. The summed E-state index contributed by atoms with van der Waals surface area (Å²) >= 11 is 3.72. The van der Waals surface area contributed by atoms with E-state index in [4.69, 9.17) is 4.74 Å². The first-order chi connectivity index (χ1) is 9.10. The number of halogens is 1. The minimum Gasteiger partial charge on any atom is -0.467 e. The largest absolute Gasteiger partial charge is 0.467 e. The van der Waals surface area contributed by atoms with Gasteiger partial charge in [0.05, 0.1) is 12.7 Å². The first kappa shape index (κ1) is 16.3. The van der Waals surface area contributed by atoms with E-state index < -0.39 is 12.0 Å². The molecule has 0 aromatic heterocycles. The molecule has 104 valence electrons. The van der Waals surface area contributed by atoms with Gasteiger partial charge in [-0.3, -0.25) is 4.79 Å². The van der Waals surface area contributed by atoms with Crippen LogP contribution in [0.2, 0.25) is 0 Å². The lowest BCUT2D eigenvalue weighted by molar-refractivity contribution is -0.142. The number of carbonyl (C=O) groups is 2. The van der Waals surface area contributed by atoms with Gasteiger partial charge in [-0.05, 0) is 53.2 Å². The van der Waals surface area contributed by atoms with E-state index in [0.29, 0.717) is 12.0 Å². The molecule has 6 heteroatoms. The second-order valence-electron chi connectivity index (χ2n) is 3.81. The monoisotopic (exact) mass is 393 g/mol. The predicted molar refractivity (Wildman–Crippen MR) is 85.4 cm³/mol. The third-order valence-corrected chi connectivity index (χ3v) is 4.10. The Morgan fingerprint density at radius 1 is 1.42 bits per heavy atom. The molecule has 1 amide bonds. The van der Waals surface area contributed by atoms with Crippen LogP contribution in [0.15, 0.2) is 24.3 Å². The summed E-state index contributed by atoms with van der Waals surface area (Å²) in [5.41, 5.74) is 0.571. The van der Waals surface area contributed by atoms with Gasteiger partial charge in [-0.2, -0.15) is 11.8 Å². The summed E-state index contributed by atoms with van der Waals surface area (Å²) in [5, 5.41) is 2.73. The standard InChI is InChI=1S/C13H16INO3S/c1-18-13(17)11(7-8-19-2)15-12(16)9-5-3-4-6-10(9)14/h3-6,11H,7-8H2,1-2H3,(H,15,16)/t11-/m0/s1. The van der Waals surface area contributed by atoms with Crippen LogP contribution in [0.3, 0.4) is 0 Å². The van der Waals surface area contributed by atoms with Crippen LogP contribution in [0, 0.1) is 3.57 Å². The van der Waals surface area contributed by atoms with E-state index in [2.05, 4.69) is 27.9 Å². The zero-order valence-corrected chi connectivity index (χ0v) is 13.8. The van der Waals surface area contributed by atoms with Crippen molar-refractivity contribution >= 4 is 46.2 Å². The van der Waals surface area contributed by atoms with E-state index in [1.807, 2.05) is 18.4 Å². The molecule has 0 unspecified atom stereocenters. The van der Waals surface area contributed by atoms with E-state index in [9.17, 15) is 9.59 Å². The molecule has 0 heterocycles. The van der Waals surface area contributed by atoms with Crippen LogP contribution < -0.4 is 5.32 Å². The van der Waals surface area contributed by atoms with Crippen molar-refractivity contribution in [2.75, 3.05) is 19.1 Å². The van der Waals surface area contributed by atoms with Crippen molar-refractivity contribution in [1.29, 1.82) is 0 Å². The van der Waals surface area contributed by atoms with Gasteiger partial charge < -0.3 is 10.1 Å². The Morgan fingerprint density at radius 2 is 2.11 bits per heavy atom. The van der Waals surface area contributed by atoms with Crippen molar-refractivity contribution in [1.82, 2.24) is 5.32 Å². The van der Waals surface area contributed by atoms with Crippen LogP contribution >= 0.6 is 34.4 Å². The summed E-state index contributed by atoms with van der Waals surface area (Å²) < 4.78 is 5.56. The smallest absolute Gasteiger partial charge is 0.328 e. The lowest BCUT2D eigenvalue weighted by Crippen LogP contribution is -2.42. The lowest BCUT2D eigenvalue weighted by Gasteiger charge is -2.16. The van der Waals surface area contributed by atoms with Gasteiger partial charge in [-0.25, -0.2) is 4.79 Å². The molecule has 19 heavy (non-hydrogen) atoms. The number of rotatable bonds is 6. The molecule has 1 atom stereocenters. The van der Waals surface area contributed by atoms with Crippen molar-refractivity contribution in [2.45, 2.75) is 12.5 Å². The third kappa shape index (κ3) is 5.02. The normalized spacial score (nSPS) is 11.7. The first-order valence-electron chi connectivity index (χ1n) is 5.72. The number of hydrogen-bond donors (Lipinski definition) is 1. The molecule has 0 fully saturated rings. The summed E-state index contributed by atoms with van der Waals surface area (Å²) in [5.74, 6) is 0.126. The molecule has 0 radical (unpaired) electrons. The number of ether oxygens (including phenoxy) is 1. The highest BCUT2D eigenvalue weighted by molar-refractivity contribution is 14.1. The van der Waals surface area contributed by atoms with E-state index >= 15 is 0 Å². The van der Waals surface area contributed by atoms with Gasteiger partial charge in [0, 0.05) is 3.57 Å². The van der Waals surface area contributed by atoms with E-state index in [-0.39, 0.29) is 5.91 Å². The maximum absolute atomic E-state index is 12.1. The molecule has 1 N–H and O–H groups in total.